The van der Waals surface area contributed by atoms with Crippen LogP contribution in [0.5, 0.6) is 0 Å². The third kappa shape index (κ3) is 4.15. The van der Waals surface area contributed by atoms with Crippen LogP contribution in [0.4, 0.5) is 5.13 Å². The van der Waals surface area contributed by atoms with E-state index in [0.717, 1.165) is 17.0 Å². The fourth-order valence-corrected chi connectivity index (χ4v) is 3.03. The Morgan fingerprint density at radius 3 is 2.50 bits per heavy atom. The molecule has 22 heavy (non-hydrogen) atoms. The molecule has 0 bridgehead atoms. The van der Waals surface area contributed by atoms with Gasteiger partial charge in [0.2, 0.25) is 5.91 Å². The molecular formula is C17H23N3OS. The van der Waals surface area contributed by atoms with Crippen LogP contribution in [0.15, 0.2) is 24.3 Å². The first kappa shape index (κ1) is 16.6. The van der Waals surface area contributed by atoms with E-state index in [1.807, 2.05) is 20.8 Å². The van der Waals surface area contributed by atoms with E-state index in [4.69, 9.17) is 5.73 Å². The molecule has 0 aliphatic rings. The molecule has 5 heteroatoms. The van der Waals surface area contributed by atoms with Crippen LogP contribution in [-0.4, -0.2) is 16.9 Å². The van der Waals surface area contributed by atoms with Crippen LogP contribution < -0.4 is 11.1 Å². The van der Waals surface area contributed by atoms with Gasteiger partial charge in [0.15, 0.2) is 5.13 Å². The molecule has 0 saturated heterocycles. The molecule has 0 aliphatic heterocycles. The SMILES string of the molecule is Cc1ccc(Cc2sc(NC(=O)[C@@H](N)C(C)C)nc2C)cc1. The van der Waals surface area contributed by atoms with Crippen LogP contribution in [-0.2, 0) is 11.2 Å². The highest BCUT2D eigenvalue weighted by molar-refractivity contribution is 7.15. The third-order valence-electron chi connectivity index (χ3n) is 3.63. The summed E-state index contributed by atoms with van der Waals surface area (Å²) in [4.78, 5) is 17.6. The fraction of sp³-hybridized carbons (Fsp3) is 0.412. The predicted octanol–water partition coefficient (Wildman–Crippen LogP) is 3.27. The van der Waals surface area contributed by atoms with Crippen LogP contribution in [0.25, 0.3) is 0 Å². The number of aryl methyl sites for hydroxylation is 2. The first-order chi connectivity index (χ1) is 10.4. The normalized spacial score (nSPS) is 12.5. The smallest absolute Gasteiger partial charge is 0.243 e. The summed E-state index contributed by atoms with van der Waals surface area (Å²) in [5, 5.41) is 3.45. The molecule has 1 aromatic heterocycles. The van der Waals surface area contributed by atoms with Crippen LogP contribution in [0.1, 0.15) is 35.5 Å². The number of nitrogens with zero attached hydrogens (tertiary/aromatic N) is 1. The second-order valence-corrected chi connectivity index (χ2v) is 7.03. The number of nitrogens with one attached hydrogen (secondary N) is 1. The van der Waals surface area contributed by atoms with Gasteiger partial charge in [-0.2, -0.15) is 0 Å². The molecule has 0 fully saturated rings. The zero-order chi connectivity index (χ0) is 16.3. The average molecular weight is 317 g/mol. The number of thiazole rings is 1. The quantitative estimate of drug-likeness (QED) is 0.889. The fourth-order valence-electron chi connectivity index (χ4n) is 2.03. The van der Waals surface area contributed by atoms with E-state index >= 15 is 0 Å². The van der Waals surface area contributed by atoms with Crippen molar-refractivity contribution in [1.29, 1.82) is 0 Å². The minimum Gasteiger partial charge on any atom is -0.320 e. The van der Waals surface area contributed by atoms with E-state index in [-0.39, 0.29) is 11.8 Å². The standard InChI is InChI=1S/C17H23N3OS/c1-10(2)15(18)16(21)20-17-19-12(4)14(22-17)9-13-7-5-11(3)6-8-13/h5-8,10,15H,9,18H2,1-4H3,(H,19,20,21)/t15-/m0/s1. The summed E-state index contributed by atoms with van der Waals surface area (Å²) in [5.41, 5.74) is 9.31. The van der Waals surface area contributed by atoms with E-state index in [9.17, 15) is 4.79 Å². The lowest BCUT2D eigenvalue weighted by Gasteiger charge is -2.13. The second kappa shape index (κ2) is 7.03. The molecule has 0 radical (unpaired) electrons. The lowest BCUT2D eigenvalue weighted by atomic mass is 10.1. The van der Waals surface area contributed by atoms with E-state index in [2.05, 4.69) is 41.5 Å². The summed E-state index contributed by atoms with van der Waals surface area (Å²) in [6, 6.07) is 7.96. The van der Waals surface area contributed by atoms with Gasteiger partial charge < -0.3 is 11.1 Å². The van der Waals surface area contributed by atoms with Crippen LogP contribution in [0.2, 0.25) is 0 Å². The summed E-state index contributed by atoms with van der Waals surface area (Å²) >= 11 is 1.52. The zero-order valence-electron chi connectivity index (χ0n) is 13.5. The number of rotatable bonds is 5. The lowest BCUT2D eigenvalue weighted by Crippen LogP contribution is -2.39. The maximum absolute atomic E-state index is 12.0. The topological polar surface area (TPSA) is 68.0 Å². The molecule has 4 nitrogen and oxygen atoms in total. The van der Waals surface area contributed by atoms with Gasteiger partial charge in [-0.25, -0.2) is 4.98 Å². The van der Waals surface area contributed by atoms with Crippen molar-refractivity contribution >= 4 is 22.4 Å². The van der Waals surface area contributed by atoms with Crippen LogP contribution in [0, 0.1) is 19.8 Å². The van der Waals surface area contributed by atoms with E-state index in [1.54, 1.807) is 0 Å². The summed E-state index contributed by atoms with van der Waals surface area (Å²) in [5.74, 6) is -0.0706. The van der Waals surface area contributed by atoms with Crippen LogP contribution in [0.3, 0.4) is 0 Å². The molecule has 3 N–H and O–H groups in total. The number of anilines is 1. The molecule has 0 saturated carbocycles. The number of carbonyl (C=O) groups excluding carboxylic acids is 1. The molecule has 1 amide bonds. The van der Waals surface area contributed by atoms with Crippen LogP contribution >= 0.6 is 11.3 Å². The average Bonchev–Trinajstić information content (AvgIpc) is 2.80. The first-order valence-corrected chi connectivity index (χ1v) is 8.26. The van der Waals surface area contributed by atoms with Crippen molar-refractivity contribution in [1.82, 2.24) is 4.98 Å². The molecule has 1 heterocycles. The van der Waals surface area contributed by atoms with Crippen molar-refractivity contribution in [3.05, 3.63) is 46.0 Å². The number of aromatic nitrogens is 1. The monoisotopic (exact) mass is 317 g/mol. The van der Waals surface area contributed by atoms with Crippen molar-refractivity contribution in [2.75, 3.05) is 5.32 Å². The van der Waals surface area contributed by atoms with Gasteiger partial charge in [0.1, 0.15) is 0 Å². The summed E-state index contributed by atoms with van der Waals surface area (Å²) in [6.07, 6.45) is 0.829. The number of amides is 1. The van der Waals surface area contributed by atoms with Crippen molar-refractivity contribution in [2.24, 2.45) is 11.7 Å². The van der Waals surface area contributed by atoms with E-state index in [1.165, 1.54) is 22.5 Å². The maximum atomic E-state index is 12.0. The Labute approximate surface area is 135 Å². The van der Waals surface area contributed by atoms with Crippen molar-refractivity contribution < 1.29 is 4.79 Å². The first-order valence-electron chi connectivity index (χ1n) is 7.45. The largest absolute Gasteiger partial charge is 0.320 e. The molecule has 1 atom stereocenters. The lowest BCUT2D eigenvalue weighted by molar-refractivity contribution is -0.118. The highest BCUT2D eigenvalue weighted by Crippen LogP contribution is 2.25. The number of nitrogens with two attached hydrogens (primary N) is 1. The Balaban J connectivity index is 2.08. The van der Waals surface area contributed by atoms with Gasteiger partial charge in [0.05, 0.1) is 11.7 Å². The minimum atomic E-state index is -0.509. The Morgan fingerprint density at radius 2 is 1.91 bits per heavy atom. The predicted molar refractivity (Wildman–Crippen MR) is 92.3 cm³/mol. The van der Waals surface area contributed by atoms with Gasteiger partial charge in [0, 0.05) is 11.3 Å². The third-order valence-corrected chi connectivity index (χ3v) is 4.70. The summed E-state index contributed by atoms with van der Waals surface area (Å²) in [6.45, 7) is 7.91. The van der Waals surface area contributed by atoms with Crippen molar-refractivity contribution in [3.8, 4) is 0 Å². The Hall–Kier alpha value is -1.72. The second-order valence-electron chi connectivity index (χ2n) is 5.95. The number of hydrogen-bond donors (Lipinski definition) is 2. The van der Waals surface area contributed by atoms with Gasteiger partial charge in [-0.15, -0.1) is 11.3 Å². The molecule has 2 aromatic rings. The van der Waals surface area contributed by atoms with Crippen molar-refractivity contribution in [3.63, 3.8) is 0 Å². The molecule has 118 valence electrons. The van der Waals surface area contributed by atoms with Gasteiger partial charge in [-0.05, 0) is 25.3 Å². The van der Waals surface area contributed by atoms with Crippen molar-refractivity contribution in [2.45, 2.75) is 40.2 Å². The Bertz CT molecular complexity index is 646. The highest BCUT2D eigenvalue weighted by atomic mass is 32.1. The van der Waals surface area contributed by atoms with E-state index < -0.39 is 6.04 Å². The Morgan fingerprint density at radius 1 is 1.27 bits per heavy atom. The summed E-state index contributed by atoms with van der Waals surface area (Å²) < 4.78 is 0. The maximum Gasteiger partial charge on any atom is 0.243 e. The van der Waals surface area contributed by atoms with Gasteiger partial charge in [-0.3, -0.25) is 4.79 Å². The molecule has 0 spiro atoms. The Kier molecular flexibility index (Phi) is 5.32. The minimum absolute atomic E-state index is 0.105. The zero-order valence-corrected chi connectivity index (χ0v) is 14.3. The van der Waals surface area contributed by atoms with E-state index in [0.29, 0.717) is 5.13 Å². The number of carbonyl (C=O) groups is 1. The molecule has 0 unspecified atom stereocenters. The van der Waals surface area contributed by atoms with Gasteiger partial charge >= 0.3 is 0 Å². The number of hydrogen-bond acceptors (Lipinski definition) is 4. The molecule has 2 rings (SSSR count). The molecular weight excluding hydrogens is 294 g/mol. The summed E-state index contributed by atoms with van der Waals surface area (Å²) in [7, 11) is 0. The molecule has 1 aromatic carbocycles. The highest BCUT2D eigenvalue weighted by Gasteiger charge is 2.19. The molecule has 0 aliphatic carbocycles. The van der Waals surface area contributed by atoms with Gasteiger partial charge in [0.25, 0.3) is 0 Å². The number of benzene rings is 1. The van der Waals surface area contributed by atoms with Gasteiger partial charge in [-0.1, -0.05) is 43.7 Å².